The second-order valence-corrected chi connectivity index (χ2v) is 10.9. The molecule has 2 aromatic heterocycles. The number of nitrogens with zero attached hydrogens (tertiary/aromatic N) is 5. The lowest BCUT2D eigenvalue weighted by atomic mass is 10.0. The Morgan fingerprint density at radius 3 is 2.07 bits per heavy atom. The molecule has 0 saturated heterocycles. The van der Waals surface area contributed by atoms with E-state index < -0.39 is 0 Å². The van der Waals surface area contributed by atoms with E-state index in [1.165, 1.54) is 4.90 Å². The molecule has 0 unspecified atom stereocenters. The predicted molar refractivity (Wildman–Crippen MR) is 172 cm³/mol. The predicted octanol–water partition coefficient (Wildman–Crippen LogP) is 7.72. The fourth-order valence-corrected chi connectivity index (χ4v) is 6.26. The smallest absolute Gasteiger partial charge is 0.268 e. The molecule has 2 amide bonds. The van der Waals surface area contributed by atoms with Crippen molar-refractivity contribution in [2.75, 3.05) is 4.90 Å². The van der Waals surface area contributed by atoms with E-state index in [1.807, 2.05) is 105 Å². The van der Waals surface area contributed by atoms with Gasteiger partial charge in [-0.1, -0.05) is 66.7 Å². The highest BCUT2D eigenvalue weighted by atomic mass is 16.2. The summed E-state index contributed by atoms with van der Waals surface area (Å²) in [5.74, 6) is 1.27. The van der Waals surface area contributed by atoms with Gasteiger partial charge in [-0.05, 0) is 73.5 Å². The number of amides is 2. The monoisotopic (exact) mass is 571 g/mol. The zero-order valence-electron chi connectivity index (χ0n) is 24.0. The van der Waals surface area contributed by atoms with E-state index in [4.69, 9.17) is 0 Å². The van der Waals surface area contributed by atoms with Crippen LogP contribution in [0.4, 0.5) is 5.69 Å². The van der Waals surface area contributed by atoms with E-state index in [0.717, 1.165) is 38.5 Å². The highest BCUT2D eigenvalue weighted by molar-refractivity contribution is 6.36. The van der Waals surface area contributed by atoms with Gasteiger partial charge in [-0.25, -0.2) is 19.9 Å². The van der Waals surface area contributed by atoms with Crippen molar-refractivity contribution >= 4 is 39.3 Å². The molecule has 7 nitrogen and oxygen atoms in total. The number of benzene rings is 5. The van der Waals surface area contributed by atoms with Crippen molar-refractivity contribution in [1.82, 2.24) is 19.5 Å². The number of fused-ring (bicyclic) bond motifs is 4. The molecular formula is C37H25N5O2. The van der Waals surface area contributed by atoms with Crippen LogP contribution in [0.1, 0.15) is 32.4 Å². The maximum absolute atomic E-state index is 14.2. The second kappa shape index (κ2) is 9.81. The fourth-order valence-electron chi connectivity index (χ4n) is 6.26. The van der Waals surface area contributed by atoms with Crippen molar-refractivity contribution in [1.29, 1.82) is 0 Å². The van der Waals surface area contributed by atoms with E-state index in [2.05, 4.69) is 31.7 Å². The number of aryl methyl sites for hydroxylation is 2. The Morgan fingerprint density at radius 2 is 1.25 bits per heavy atom. The number of carbonyl (C=O) groups excluding carboxylic acids is 2. The summed E-state index contributed by atoms with van der Waals surface area (Å²) in [5, 5.41) is 2.02. The van der Waals surface area contributed by atoms with E-state index in [9.17, 15) is 9.59 Å². The third kappa shape index (κ3) is 3.94. The Kier molecular flexibility index (Phi) is 5.74. The third-order valence-electron chi connectivity index (χ3n) is 8.14. The molecule has 44 heavy (non-hydrogen) atoms. The van der Waals surface area contributed by atoms with Gasteiger partial charge in [0, 0.05) is 16.3 Å². The highest BCUT2D eigenvalue weighted by Gasteiger charge is 2.39. The number of rotatable bonds is 4. The lowest BCUT2D eigenvalue weighted by molar-refractivity contribution is 0.0926. The molecule has 5 aromatic carbocycles. The zero-order chi connectivity index (χ0) is 29.9. The van der Waals surface area contributed by atoms with Crippen molar-refractivity contribution in [2.45, 2.75) is 13.8 Å². The van der Waals surface area contributed by atoms with E-state index in [1.54, 1.807) is 12.1 Å². The van der Waals surface area contributed by atoms with Crippen LogP contribution in [0.2, 0.25) is 0 Å². The minimum absolute atomic E-state index is 0.333. The van der Waals surface area contributed by atoms with Gasteiger partial charge in [0.2, 0.25) is 0 Å². The molecule has 0 saturated carbocycles. The minimum atomic E-state index is -0.343. The Hall–Kier alpha value is -5.95. The molecule has 0 N–H and O–H groups in total. The molecule has 7 heteroatoms. The van der Waals surface area contributed by atoms with E-state index in [0.29, 0.717) is 40.0 Å². The van der Waals surface area contributed by atoms with Crippen LogP contribution in [-0.2, 0) is 0 Å². The van der Waals surface area contributed by atoms with Gasteiger partial charge in [0.1, 0.15) is 11.6 Å². The second-order valence-electron chi connectivity index (χ2n) is 10.9. The number of anilines is 1. The average Bonchev–Trinajstić information content (AvgIpc) is 3.51. The largest absolute Gasteiger partial charge is 0.308 e. The Balaban J connectivity index is 1.29. The molecule has 0 fully saturated rings. The summed E-state index contributed by atoms with van der Waals surface area (Å²) in [6.45, 7) is 3.72. The average molecular weight is 572 g/mol. The van der Waals surface area contributed by atoms with Gasteiger partial charge >= 0.3 is 0 Å². The first-order chi connectivity index (χ1) is 21.5. The summed E-state index contributed by atoms with van der Waals surface area (Å²) in [7, 11) is 0. The van der Waals surface area contributed by atoms with Crippen LogP contribution in [-0.4, -0.2) is 31.3 Å². The van der Waals surface area contributed by atoms with Gasteiger partial charge < -0.3 is 4.57 Å². The van der Waals surface area contributed by atoms with Gasteiger partial charge in [-0.15, -0.1) is 0 Å². The molecule has 3 heterocycles. The molecular weight excluding hydrogens is 546 g/mol. The summed E-state index contributed by atoms with van der Waals surface area (Å²) >= 11 is 0. The molecule has 0 aliphatic carbocycles. The first-order valence-corrected chi connectivity index (χ1v) is 14.4. The van der Waals surface area contributed by atoms with Gasteiger partial charge in [0.15, 0.2) is 5.82 Å². The van der Waals surface area contributed by atoms with Crippen molar-refractivity contribution < 1.29 is 9.59 Å². The summed E-state index contributed by atoms with van der Waals surface area (Å²) in [6.07, 6.45) is 0. The van der Waals surface area contributed by atoms with Gasteiger partial charge in [0.25, 0.3) is 11.8 Å². The standard InChI is InChI=1S/C37H25N5O2/c1-22-38-23(2)40-35(39-22)26-18-19-32-30(21-26)28-14-6-7-16-31(28)42(32)33-17-9-15-29-34(33)37(44)41(36(29)43)27-13-8-12-25(20-27)24-10-4-3-5-11-24/h3-21H,1-2H3. The zero-order valence-corrected chi connectivity index (χ0v) is 24.0. The minimum Gasteiger partial charge on any atom is -0.308 e. The number of hydrogen-bond donors (Lipinski definition) is 0. The molecule has 0 atom stereocenters. The maximum Gasteiger partial charge on any atom is 0.268 e. The van der Waals surface area contributed by atoms with Crippen LogP contribution in [0.15, 0.2) is 115 Å². The Morgan fingerprint density at radius 1 is 0.545 bits per heavy atom. The number of aromatic nitrogens is 4. The lowest BCUT2D eigenvalue weighted by Gasteiger charge is -2.16. The van der Waals surface area contributed by atoms with Crippen LogP contribution < -0.4 is 4.90 Å². The topological polar surface area (TPSA) is 81.0 Å². The lowest BCUT2D eigenvalue weighted by Crippen LogP contribution is -2.29. The number of para-hydroxylation sites is 1. The maximum atomic E-state index is 14.2. The van der Waals surface area contributed by atoms with E-state index in [-0.39, 0.29) is 11.8 Å². The summed E-state index contributed by atoms with van der Waals surface area (Å²) in [4.78, 5) is 42.8. The van der Waals surface area contributed by atoms with Crippen molar-refractivity contribution in [3.8, 4) is 28.2 Å². The van der Waals surface area contributed by atoms with Gasteiger partial charge in [-0.2, -0.15) is 0 Å². The first kappa shape index (κ1) is 25.7. The molecule has 8 rings (SSSR count). The van der Waals surface area contributed by atoms with E-state index >= 15 is 0 Å². The normalized spacial score (nSPS) is 12.8. The van der Waals surface area contributed by atoms with Gasteiger partial charge in [0.05, 0.1) is 33.5 Å². The molecule has 7 aromatic rings. The Labute approximate surface area is 253 Å². The molecule has 0 bridgehead atoms. The summed E-state index contributed by atoms with van der Waals surface area (Å²) in [5.41, 5.74) is 6.64. The van der Waals surface area contributed by atoms with Crippen molar-refractivity contribution in [2.24, 2.45) is 0 Å². The number of hydrogen-bond acceptors (Lipinski definition) is 5. The summed E-state index contributed by atoms with van der Waals surface area (Å²) < 4.78 is 2.08. The van der Waals surface area contributed by atoms with Crippen LogP contribution in [0.25, 0.3) is 50.0 Å². The first-order valence-electron chi connectivity index (χ1n) is 14.4. The molecule has 0 spiro atoms. The molecule has 0 radical (unpaired) electrons. The fraction of sp³-hybridized carbons (Fsp3) is 0.0541. The quantitative estimate of drug-likeness (QED) is 0.202. The van der Waals surface area contributed by atoms with Crippen LogP contribution >= 0.6 is 0 Å². The molecule has 1 aliphatic rings. The van der Waals surface area contributed by atoms with Crippen LogP contribution in [0.5, 0.6) is 0 Å². The van der Waals surface area contributed by atoms with Crippen LogP contribution in [0, 0.1) is 13.8 Å². The van der Waals surface area contributed by atoms with Gasteiger partial charge in [-0.3, -0.25) is 9.59 Å². The molecule has 1 aliphatic heterocycles. The number of imide groups is 1. The van der Waals surface area contributed by atoms with Crippen LogP contribution in [0.3, 0.4) is 0 Å². The Bertz CT molecular complexity index is 2290. The molecule has 210 valence electrons. The number of carbonyl (C=O) groups is 2. The highest BCUT2D eigenvalue weighted by Crippen LogP contribution is 2.39. The van der Waals surface area contributed by atoms with Crippen molar-refractivity contribution in [3.05, 3.63) is 138 Å². The van der Waals surface area contributed by atoms with Crippen molar-refractivity contribution in [3.63, 3.8) is 0 Å². The summed E-state index contributed by atoms with van der Waals surface area (Å²) in [6, 6.07) is 37.1. The third-order valence-corrected chi connectivity index (χ3v) is 8.14. The SMILES string of the molecule is Cc1nc(C)nc(-c2ccc3c(c2)c2ccccc2n3-c2cccc3c2C(=O)N(c2cccc(-c4ccccc4)c2)C3=O)n1.